The predicted octanol–water partition coefficient (Wildman–Crippen LogP) is 5.63. The van der Waals surface area contributed by atoms with Crippen molar-refractivity contribution in [3.63, 3.8) is 0 Å². The average molecular weight is 321 g/mol. The molecule has 0 spiro atoms. The molecule has 0 amide bonds. The van der Waals surface area contributed by atoms with Crippen LogP contribution >= 0.6 is 11.6 Å². The van der Waals surface area contributed by atoms with Gasteiger partial charge in [-0.05, 0) is 11.1 Å². The predicted molar refractivity (Wildman–Crippen MR) is 95.0 cm³/mol. The van der Waals surface area contributed by atoms with Gasteiger partial charge in [0.2, 0.25) is 0 Å². The second-order valence-corrected chi connectivity index (χ2v) is 5.90. The first-order valence-corrected chi connectivity index (χ1v) is 8.04. The molecule has 0 unspecified atom stereocenters. The molecule has 0 radical (unpaired) electrons. The molecule has 1 nitrogen and oxygen atoms in total. The molecule has 3 aromatic carbocycles. The maximum Gasteiger partial charge on any atom is 0.172 e. The highest BCUT2D eigenvalue weighted by atomic mass is 35.5. The molecular formula is C21H17ClO. The van der Waals surface area contributed by atoms with Crippen LogP contribution in [0.4, 0.5) is 0 Å². The normalized spacial score (nSPS) is 13.3. The quantitative estimate of drug-likeness (QED) is 0.439. The number of Topliss-reactive ketones (excluding diaryl/α,β-unsaturated/α-hetero) is 1. The van der Waals surface area contributed by atoms with Crippen molar-refractivity contribution in [2.45, 2.75) is 11.3 Å². The van der Waals surface area contributed by atoms with E-state index in [1.807, 2.05) is 91.0 Å². The van der Waals surface area contributed by atoms with E-state index in [0.717, 1.165) is 11.1 Å². The SMILES string of the molecule is O=C(c1ccccc1)[C@H](c1ccccc1)[C@@H](Cl)c1ccccc1. The van der Waals surface area contributed by atoms with Gasteiger partial charge in [-0.1, -0.05) is 91.0 Å². The zero-order valence-electron chi connectivity index (χ0n) is 12.6. The van der Waals surface area contributed by atoms with Crippen LogP contribution in [0.5, 0.6) is 0 Å². The van der Waals surface area contributed by atoms with Crippen molar-refractivity contribution < 1.29 is 4.79 Å². The molecule has 0 aliphatic carbocycles. The Morgan fingerprint density at radius 3 is 1.61 bits per heavy atom. The number of alkyl halides is 1. The lowest BCUT2D eigenvalue weighted by atomic mass is 9.85. The van der Waals surface area contributed by atoms with Gasteiger partial charge in [0.1, 0.15) is 0 Å². The summed E-state index contributed by atoms with van der Waals surface area (Å²) in [6, 6.07) is 28.9. The second kappa shape index (κ2) is 7.26. The maximum absolute atomic E-state index is 13.1. The van der Waals surface area contributed by atoms with Crippen LogP contribution in [0.1, 0.15) is 32.8 Å². The van der Waals surface area contributed by atoms with Gasteiger partial charge in [0.15, 0.2) is 5.78 Å². The number of ketones is 1. The van der Waals surface area contributed by atoms with E-state index < -0.39 is 11.3 Å². The van der Waals surface area contributed by atoms with Crippen LogP contribution in [-0.4, -0.2) is 5.78 Å². The Balaban J connectivity index is 2.03. The van der Waals surface area contributed by atoms with E-state index in [0.29, 0.717) is 5.56 Å². The monoisotopic (exact) mass is 320 g/mol. The minimum Gasteiger partial charge on any atom is -0.293 e. The van der Waals surface area contributed by atoms with E-state index in [1.165, 1.54) is 0 Å². The standard InChI is InChI=1S/C21H17ClO/c22-20(17-12-6-2-7-13-17)19(16-10-4-1-5-11-16)21(23)18-14-8-3-9-15-18/h1-15,19-20H/t19-,20+/m1/s1. The average Bonchev–Trinajstić information content (AvgIpc) is 2.64. The highest BCUT2D eigenvalue weighted by molar-refractivity contribution is 6.24. The van der Waals surface area contributed by atoms with Crippen molar-refractivity contribution in [1.29, 1.82) is 0 Å². The summed E-state index contributed by atoms with van der Waals surface area (Å²) in [7, 11) is 0. The van der Waals surface area contributed by atoms with Crippen LogP contribution in [0.3, 0.4) is 0 Å². The van der Waals surface area contributed by atoms with E-state index in [2.05, 4.69) is 0 Å². The van der Waals surface area contributed by atoms with Crippen molar-refractivity contribution in [3.8, 4) is 0 Å². The molecule has 0 aromatic heterocycles. The van der Waals surface area contributed by atoms with Gasteiger partial charge < -0.3 is 0 Å². The topological polar surface area (TPSA) is 17.1 Å². The van der Waals surface area contributed by atoms with E-state index in [9.17, 15) is 4.79 Å². The van der Waals surface area contributed by atoms with Crippen LogP contribution in [0, 0.1) is 0 Å². The fraction of sp³-hybridized carbons (Fsp3) is 0.0952. The molecule has 2 atom stereocenters. The van der Waals surface area contributed by atoms with Gasteiger partial charge in [-0.2, -0.15) is 0 Å². The third-order valence-corrected chi connectivity index (χ3v) is 4.41. The number of rotatable bonds is 5. The first-order valence-electron chi connectivity index (χ1n) is 7.60. The maximum atomic E-state index is 13.1. The van der Waals surface area contributed by atoms with Gasteiger partial charge in [-0.3, -0.25) is 4.79 Å². The lowest BCUT2D eigenvalue weighted by Crippen LogP contribution is -2.18. The molecule has 0 aliphatic heterocycles. The van der Waals surface area contributed by atoms with E-state index in [4.69, 9.17) is 11.6 Å². The summed E-state index contributed by atoms with van der Waals surface area (Å²) in [4.78, 5) is 13.1. The van der Waals surface area contributed by atoms with Gasteiger partial charge in [0, 0.05) is 5.56 Å². The summed E-state index contributed by atoms with van der Waals surface area (Å²) < 4.78 is 0. The summed E-state index contributed by atoms with van der Waals surface area (Å²) in [5.41, 5.74) is 2.57. The molecule has 3 aromatic rings. The third kappa shape index (κ3) is 3.52. The van der Waals surface area contributed by atoms with Gasteiger partial charge >= 0.3 is 0 Å². The highest BCUT2D eigenvalue weighted by Gasteiger charge is 2.30. The Kier molecular flexibility index (Phi) is 4.89. The Morgan fingerprint density at radius 1 is 0.652 bits per heavy atom. The molecule has 3 rings (SSSR count). The number of hydrogen-bond donors (Lipinski definition) is 0. The van der Waals surface area contributed by atoms with Crippen molar-refractivity contribution in [1.82, 2.24) is 0 Å². The highest BCUT2D eigenvalue weighted by Crippen LogP contribution is 2.38. The molecular weight excluding hydrogens is 304 g/mol. The molecule has 0 heterocycles. The number of benzene rings is 3. The number of carbonyl (C=O) groups is 1. The second-order valence-electron chi connectivity index (χ2n) is 5.43. The molecule has 0 bridgehead atoms. The minimum atomic E-state index is -0.414. The molecule has 0 N–H and O–H groups in total. The summed E-state index contributed by atoms with van der Waals surface area (Å²) in [6.07, 6.45) is 0. The number of halogens is 1. The Morgan fingerprint density at radius 2 is 1.09 bits per heavy atom. The summed E-state index contributed by atoms with van der Waals surface area (Å²) >= 11 is 6.73. The first kappa shape index (κ1) is 15.5. The lowest BCUT2D eigenvalue weighted by molar-refractivity contribution is 0.0957. The molecule has 0 fully saturated rings. The Bertz CT molecular complexity index is 754. The molecule has 23 heavy (non-hydrogen) atoms. The molecule has 0 saturated carbocycles. The lowest BCUT2D eigenvalue weighted by Gasteiger charge is -2.22. The summed E-state index contributed by atoms with van der Waals surface area (Å²) in [6.45, 7) is 0. The van der Waals surface area contributed by atoms with E-state index >= 15 is 0 Å². The van der Waals surface area contributed by atoms with Crippen LogP contribution in [-0.2, 0) is 0 Å². The fourth-order valence-electron chi connectivity index (χ4n) is 2.72. The largest absolute Gasteiger partial charge is 0.293 e. The van der Waals surface area contributed by atoms with E-state index in [1.54, 1.807) is 0 Å². The first-order chi connectivity index (χ1) is 11.3. The van der Waals surface area contributed by atoms with Crippen LogP contribution in [0.2, 0.25) is 0 Å². The molecule has 0 saturated heterocycles. The van der Waals surface area contributed by atoms with Crippen LogP contribution in [0.15, 0.2) is 91.0 Å². The van der Waals surface area contributed by atoms with Crippen molar-refractivity contribution in [2.75, 3.05) is 0 Å². The van der Waals surface area contributed by atoms with Gasteiger partial charge in [-0.15, -0.1) is 11.6 Å². The molecule has 0 aliphatic rings. The van der Waals surface area contributed by atoms with Gasteiger partial charge in [0.25, 0.3) is 0 Å². The number of carbonyl (C=O) groups excluding carboxylic acids is 1. The summed E-state index contributed by atoms with van der Waals surface area (Å²) in [5.74, 6) is -0.372. The smallest absolute Gasteiger partial charge is 0.172 e. The van der Waals surface area contributed by atoms with Gasteiger partial charge in [-0.25, -0.2) is 0 Å². The Hall–Kier alpha value is -2.38. The van der Waals surface area contributed by atoms with Crippen molar-refractivity contribution in [2.24, 2.45) is 0 Å². The van der Waals surface area contributed by atoms with Crippen molar-refractivity contribution >= 4 is 17.4 Å². The zero-order valence-corrected chi connectivity index (χ0v) is 13.4. The number of hydrogen-bond acceptors (Lipinski definition) is 1. The third-order valence-electron chi connectivity index (χ3n) is 3.91. The van der Waals surface area contributed by atoms with Crippen LogP contribution in [0.25, 0.3) is 0 Å². The zero-order chi connectivity index (χ0) is 16.1. The Labute approximate surface area is 141 Å². The fourth-order valence-corrected chi connectivity index (χ4v) is 3.13. The van der Waals surface area contributed by atoms with Gasteiger partial charge in [0.05, 0.1) is 11.3 Å². The van der Waals surface area contributed by atoms with E-state index in [-0.39, 0.29) is 5.78 Å². The minimum absolute atomic E-state index is 0.0423. The summed E-state index contributed by atoms with van der Waals surface area (Å²) in [5, 5.41) is -0.411. The molecule has 2 heteroatoms. The molecule has 114 valence electrons. The van der Waals surface area contributed by atoms with Crippen molar-refractivity contribution in [3.05, 3.63) is 108 Å². The van der Waals surface area contributed by atoms with Crippen LogP contribution < -0.4 is 0 Å².